The van der Waals surface area contributed by atoms with Gasteiger partial charge in [0.25, 0.3) is 0 Å². The van der Waals surface area contributed by atoms with Gasteiger partial charge in [-0.25, -0.2) is 0 Å². The van der Waals surface area contributed by atoms with Crippen LogP contribution in [0.25, 0.3) is 0 Å². The quantitative estimate of drug-likeness (QED) is 0.864. The Bertz CT molecular complexity index is 444. The Morgan fingerprint density at radius 2 is 2.29 bits per heavy atom. The van der Waals surface area contributed by atoms with Crippen molar-refractivity contribution < 1.29 is 9.53 Å². The first-order chi connectivity index (χ1) is 8.11. The summed E-state index contributed by atoms with van der Waals surface area (Å²) in [5.74, 6) is 0.595. The normalized spacial score (nSPS) is 16.4. The zero-order valence-corrected chi connectivity index (χ0v) is 10.4. The first kappa shape index (κ1) is 12.2. The van der Waals surface area contributed by atoms with Crippen molar-refractivity contribution in [1.29, 1.82) is 0 Å². The molecule has 5 heteroatoms. The first-order valence-corrected chi connectivity index (χ1v) is 5.84. The smallest absolute Gasteiger partial charge is 0.231 e. The molecule has 4 nitrogen and oxygen atoms in total. The lowest BCUT2D eigenvalue weighted by Gasteiger charge is -2.14. The number of carbonyl (C=O) groups excluding carboxylic acids is 1. The monoisotopic (exact) mass is 254 g/mol. The van der Waals surface area contributed by atoms with Crippen LogP contribution >= 0.6 is 11.6 Å². The zero-order chi connectivity index (χ0) is 12.5. The standard InChI is InChI=1S/C12H15ClN2O2/c1-17-8-2-3-9(13)10(6-8)15-11(16)12(7-14)4-5-12/h2-3,6H,4-5,7,14H2,1H3,(H,15,16). The van der Waals surface area contributed by atoms with Crippen molar-refractivity contribution in [3.8, 4) is 5.75 Å². The third-order valence-electron chi connectivity index (χ3n) is 3.15. The van der Waals surface area contributed by atoms with Crippen molar-refractivity contribution in [1.82, 2.24) is 0 Å². The molecule has 0 saturated heterocycles. The van der Waals surface area contributed by atoms with E-state index in [1.165, 1.54) is 0 Å². The van der Waals surface area contributed by atoms with Gasteiger partial charge in [-0.15, -0.1) is 0 Å². The summed E-state index contributed by atoms with van der Waals surface area (Å²) in [6.07, 6.45) is 1.69. The van der Waals surface area contributed by atoms with Crippen molar-refractivity contribution in [2.75, 3.05) is 19.0 Å². The van der Waals surface area contributed by atoms with Crippen molar-refractivity contribution in [2.45, 2.75) is 12.8 Å². The van der Waals surface area contributed by atoms with E-state index in [9.17, 15) is 4.79 Å². The van der Waals surface area contributed by atoms with Gasteiger partial charge in [-0.2, -0.15) is 0 Å². The largest absolute Gasteiger partial charge is 0.497 e. The fourth-order valence-corrected chi connectivity index (χ4v) is 1.82. The van der Waals surface area contributed by atoms with Gasteiger partial charge in [-0.1, -0.05) is 11.6 Å². The highest BCUT2D eigenvalue weighted by Crippen LogP contribution is 2.45. The Hall–Kier alpha value is -1.26. The molecular weight excluding hydrogens is 240 g/mol. The van der Waals surface area contributed by atoms with Crippen LogP contribution in [-0.4, -0.2) is 19.6 Å². The lowest BCUT2D eigenvalue weighted by molar-refractivity contribution is -0.120. The first-order valence-electron chi connectivity index (χ1n) is 5.46. The van der Waals surface area contributed by atoms with Gasteiger partial charge >= 0.3 is 0 Å². The van der Waals surface area contributed by atoms with Gasteiger partial charge in [0.15, 0.2) is 0 Å². The van der Waals surface area contributed by atoms with Crippen molar-refractivity contribution in [2.24, 2.45) is 11.1 Å². The highest BCUT2D eigenvalue weighted by molar-refractivity contribution is 6.33. The van der Waals surface area contributed by atoms with Crippen LogP contribution in [0.5, 0.6) is 5.75 Å². The molecule has 1 fully saturated rings. The fourth-order valence-electron chi connectivity index (χ4n) is 1.66. The number of benzene rings is 1. The maximum absolute atomic E-state index is 12.0. The molecule has 0 aromatic heterocycles. The summed E-state index contributed by atoms with van der Waals surface area (Å²) in [6.45, 7) is 0.375. The van der Waals surface area contributed by atoms with E-state index < -0.39 is 0 Å². The van der Waals surface area contributed by atoms with Gasteiger partial charge < -0.3 is 15.8 Å². The van der Waals surface area contributed by atoms with Gasteiger partial charge in [-0.3, -0.25) is 4.79 Å². The molecule has 0 atom stereocenters. The summed E-state index contributed by atoms with van der Waals surface area (Å²) in [5, 5.41) is 3.30. The summed E-state index contributed by atoms with van der Waals surface area (Å²) in [5.41, 5.74) is 5.78. The number of hydrogen-bond acceptors (Lipinski definition) is 3. The summed E-state index contributed by atoms with van der Waals surface area (Å²) in [4.78, 5) is 12.0. The molecule has 1 aromatic carbocycles. The molecule has 3 N–H and O–H groups in total. The van der Waals surface area contributed by atoms with Gasteiger partial charge in [0.1, 0.15) is 5.75 Å². The van der Waals surface area contributed by atoms with Crippen LogP contribution in [0.1, 0.15) is 12.8 Å². The third kappa shape index (κ3) is 2.37. The third-order valence-corrected chi connectivity index (χ3v) is 3.48. The second-order valence-corrected chi connectivity index (χ2v) is 4.69. The van der Waals surface area contributed by atoms with Crippen LogP contribution in [0.15, 0.2) is 18.2 Å². The zero-order valence-electron chi connectivity index (χ0n) is 9.63. The van der Waals surface area contributed by atoms with E-state index in [0.29, 0.717) is 23.0 Å². The molecule has 0 bridgehead atoms. The molecule has 0 radical (unpaired) electrons. The van der Waals surface area contributed by atoms with Crippen LogP contribution in [0.2, 0.25) is 5.02 Å². The number of nitrogens with two attached hydrogens (primary N) is 1. The molecular formula is C12H15ClN2O2. The summed E-state index contributed by atoms with van der Waals surface area (Å²) < 4.78 is 5.08. The van der Waals surface area contributed by atoms with Crippen LogP contribution in [0, 0.1) is 5.41 Å². The van der Waals surface area contributed by atoms with E-state index in [4.69, 9.17) is 22.1 Å². The topological polar surface area (TPSA) is 64.3 Å². The molecule has 1 aromatic rings. The summed E-state index contributed by atoms with van der Waals surface area (Å²) in [7, 11) is 1.57. The molecule has 2 rings (SSSR count). The molecule has 0 aliphatic heterocycles. The predicted octanol–water partition coefficient (Wildman–Crippen LogP) is 2.03. The highest BCUT2D eigenvalue weighted by Gasteiger charge is 2.48. The number of ether oxygens (including phenoxy) is 1. The maximum Gasteiger partial charge on any atom is 0.231 e. The number of nitrogens with one attached hydrogen (secondary N) is 1. The molecule has 1 amide bonds. The van der Waals surface area contributed by atoms with Gasteiger partial charge in [-0.05, 0) is 25.0 Å². The fraction of sp³-hybridized carbons (Fsp3) is 0.417. The van der Waals surface area contributed by atoms with Crippen molar-refractivity contribution >= 4 is 23.2 Å². The maximum atomic E-state index is 12.0. The summed E-state index contributed by atoms with van der Waals surface area (Å²) >= 11 is 6.01. The average Bonchev–Trinajstić information content (AvgIpc) is 3.13. The lowest BCUT2D eigenvalue weighted by Crippen LogP contribution is -2.30. The molecule has 1 saturated carbocycles. The number of carbonyl (C=O) groups is 1. The number of rotatable bonds is 4. The number of hydrogen-bond donors (Lipinski definition) is 2. The van der Waals surface area contributed by atoms with Gasteiger partial charge in [0, 0.05) is 12.6 Å². The molecule has 17 heavy (non-hydrogen) atoms. The Morgan fingerprint density at radius 1 is 1.59 bits per heavy atom. The molecule has 0 unspecified atom stereocenters. The van der Waals surface area contributed by atoms with Crippen LogP contribution in [0.3, 0.4) is 0 Å². The predicted molar refractivity (Wildman–Crippen MR) is 67.4 cm³/mol. The van der Waals surface area contributed by atoms with E-state index in [-0.39, 0.29) is 11.3 Å². The number of methoxy groups -OCH3 is 1. The number of amides is 1. The minimum Gasteiger partial charge on any atom is -0.497 e. The van der Waals surface area contributed by atoms with Crippen LogP contribution < -0.4 is 15.8 Å². The Balaban J connectivity index is 2.15. The van der Waals surface area contributed by atoms with Crippen LogP contribution in [0.4, 0.5) is 5.69 Å². The molecule has 0 spiro atoms. The van der Waals surface area contributed by atoms with E-state index in [1.807, 2.05) is 0 Å². The van der Waals surface area contributed by atoms with E-state index >= 15 is 0 Å². The molecule has 92 valence electrons. The van der Waals surface area contributed by atoms with E-state index in [1.54, 1.807) is 25.3 Å². The average molecular weight is 255 g/mol. The van der Waals surface area contributed by atoms with Crippen LogP contribution in [-0.2, 0) is 4.79 Å². The van der Waals surface area contributed by atoms with Crippen molar-refractivity contribution in [3.63, 3.8) is 0 Å². The van der Waals surface area contributed by atoms with Crippen molar-refractivity contribution in [3.05, 3.63) is 23.2 Å². The molecule has 1 aliphatic rings. The highest BCUT2D eigenvalue weighted by atomic mass is 35.5. The Labute approximate surface area is 105 Å². The van der Waals surface area contributed by atoms with E-state index in [2.05, 4.69) is 5.32 Å². The molecule has 0 heterocycles. The minimum absolute atomic E-state index is 0.0600. The Morgan fingerprint density at radius 3 is 2.82 bits per heavy atom. The second kappa shape index (κ2) is 4.55. The van der Waals surface area contributed by atoms with Gasteiger partial charge in [0.05, 0.1) is 23.2 Å². The minimum atomic E-state index is -0.383. The van der Waals surface area contributed by atoms with E-state index in [0.717, 1.165) is 12.8 Å². The number of anilines is 1. The second-order valence-electron chi connectivity index (χ2n) is 4.28. The summed E-state index contributed by atoms with van der Waals surface area (Å²) in [6, 6.07) is 5.14. The molecule has 1 aliphatic carbocycles. The lowest BCUT2D eigenvalue weighted by atomic mass is 10.1. The Kier molecular flexibility index (Phi) is 3.26. The SMILES string of the molecule is COc1ccc(Cl)c(NC(=O)C2(CN)CC2)c1. The number of halogens is 1. The van der Waals surface area contributed by atoms with Gasteiger partial charge in [0.2, 0.25) is 5.91 Å².